The summed E-state index contributed by atoms with van der Waals surface area (Å²) in [5.41, 5.74) is 0.278. The number of aliphatic hydroxyl groups excluding tert-OH is 1. The molecule has 1 aromatic carbocycles. The molecule has 2 atom stereocenters. The Morgan fingerprint density at radius 3 is 2.50 bits per heavy atom. The zero-order valence-corrected chi connectivity index (χ0v) is 10.9. The van der Waals surface area contributed by atoms with E-state index in [4.69, 9.17) is 28.3 Å². The number of aliphatic hydroxyl groups is 1. The normalized spacial score (nSPS) is 14.9. The predicted molar refractivity (Wildman–Crippen MR) is 64.8 cm³/mol. The van der Waals surface area contributed by atoms with E-state index in [1.165, 1.54) is 6.07 Å². The lowest BCUT2D eigenvalue weighted by atomic mass is 10.1. The molecule has 102 valence electrons. The molecule has 0 aliphatic carbocycles. The maximum atomic E-state index is 13.3. The SMILES string of the molecule is CC(NCC(O)C(F)F)c1c(Cl)ccc(F)c1Cl. The van der Waals surface area contributed by atoms with Crippen LogP contribution in [0.15, 0.2) is 12.1 Å². The van der Waals surface area contributed by atoms with Gasteiger partial charge < -0.3 is 10.4 Å². The Labute approximate surface area is 113 Å². The van der Waals surface area contributed by atoms with Crippen LogP contribution in [0.5, 0.6) is 0 Å². The van der Waals surface area contributed by atoms with E-state index in [-0.39, 0.29) is 22.2 Å². The molecule has 0 saturated carbocycles. The summed E-state index contributed by atoms with van der Waals surface area (Å²) in [5, 5.41) is 11.7. The first-order valence-corrected chi connectivity index (χ1v) is 5.93. The second-order valence-corrected chi connectivity index (χ2v) is 4.57. The maximum Gasteiger partial charge on any atom is 0.265 e. The fourth-order valence-corrected chi connectivity index (χ4v) is 2.13. The van der Waals surface area contributed by atoms with Crippen LogP contribution in [0.2, 0.25) is 10.0 Å². The summed E-state index contributed by atoms with van der Waals surface area (Å²) in [6.45, 7) is 1.24. The Morgan fingerprint density at radius 1 is 1.33 bits per heavy atom. The van der Waals surface area contributed by atoms with Gasteiger partial charge in [-0.2, -0.15) is 0 Å². The van der Waals surface area contributed by atoms with E-state index >= 15 is 0 Å². The Bertz CT molecular complexity index is 418. The van der Waals surface area contributed by atoms with E-state index in [0.29, 0.717) is 0 Å². The quantitative estimate of drug-likeness (QED) is 0.817. The first-order chi connectivity index (χ1) is 8.34. The van der Waals surface area contributed by atoms with Crippen LogP contribution in [-0.4, -0.2) is 24.2 Å². The summed E-state index contributed by atoms with van der Waals surface area (Å²) in [5.74, 6) is -0.640. The first kappa shape index (κ1) is 15.6. The number of halogens is 5. The second kappa shape index (κ2) is 6.61. The molecule has 2 N–H and O–H groups in total. The van der Waals surface area contributed by atoms with Crippen LogP contribution in [0.4, 0.5) is 13.2 Å². The van der Waals surface area contributed by atoms with Crippen LogP contribution < -0.4 is 5.32 Å². The van der Waals surface area contributed by atoms with Gasteiger partial charge in [-0.15, -0.1) is 0 Å². The first-order valence-electron chi connectivity index (χ1n) is 5.17. The highest BCUT2D eigenvalue weighted by Gasteiger charge is 2.20. The Morgan fingerprint density at radius 2 is 1.94 bits per heavy atom. The number of alkyl halides is 2. The lowest BCUT2D eigenvalue weighted by Crippen LogP contribution is -2.33. The van der Waals surface area contributed by atoms with Gasteiger partial charge in [0.15, 0.2) is 0 Å². The Hall–Kier alpha value is -0.490. The van der Waals surface area contributed by atoms with Gasteiger partial charge in [0.05, 0.1) is 5.02 Å². The van der Waals surface area contributed by atoms with Gasteiger partial charge in [0.2, 0.25) is 0 Å². The minimum atomic E-state index is -2.84. The molecule has 0 amide bonds. The summed E-state index contributed by atoms with van der Waals surface area (Å²) in [6.07, 6.45) is -4.64. The fourth-order valence-electron chi connectivity index (χ4n) is 1.43. The molecule has 0 aromatic heterocycles. The standard InChI is InChI=1S/C11H12Cl2F3NO/c1-5(17-4-8(18)11(15)16)9-6(12)2-3-7(14)10(9)13/h2-3,5,8,11,17-18H,4H2,1H3. The van der Waals surface area contributed by atoms with Gasteiger partial charge in [-0.25, -0.2) is 13.2 Å². The monoisotopic (exact) mass is 301 g/mol. The van der Waals surface area contributed by atoms with Gasteiger partial charge in [0.1, 0.15) is 11.9 Å². The largest absolute Gasteiger partial charge is 0.386 e. The molecule has 0 bridgehead atoms. The van der Waals surface area contributed by atoms with Crippen molar-refractivity contribution < 1.29 is 18.3 Å². The summed E-state index contributed by atoms with van der Waals surface area (Å²) in [6, 6.07) is 1.89. The predicted octanol–water partition coefficient (Wildman–Crippen LogP) is 3.41. The molecule has 0 aliphatic rings. The highest BCUT2D eigenvalue weighted by Crippen LogP contribution is 2.32. The van der Waals surface area contributed by atoms with Gasteiger partial charge in [0, 0.05) is 23.2 Å². The number of benzene rings is 1. The van der Waals surface area contributed by atoms with Crippen molar-refractivity contribution in [2.75, 3.05) is 6.54 Å². The summed E-state index contributed by atoms with van der Waals surface area (Å²) >= 11 is 11.6. The van der Waals surface area contributed by atoms with E-state index in [0.717, 1.165) is 6.07 Å². The molecular weight excluding hydrogens is 290 g/mol. The van der Waals surface area contributed by atoms with Crippen molar-refractivity contribution in [2.45, 2.75) is 25.5 Å². The molecule has 18 heavy (non-hydrogen) atoms. The van der Waals surface area contributed by atoms with Gasteiger partial charge in [-0.1, -0.05) is 23.2 Å². The van der Waals surface area contributed by atoms with Crippen molar-refractivity contribution in [2.24, 2.45) is 0 Å². The molecule has 0 saturated heterocycles. The van der Waals surface area contributed by atoms with E-state index in [9.17, 15) is 13.2 Å². The van der Waals surface area contributed by atoms with Crippen molar-refractivity contribution in [3.05, 3.63) is 33.6 Å². The van der Waals surface area contributed by atoms with Crippen LogP contribution >= 0.6 is 23.2 Å². The van der Waals surface area contributed by atoms with Crippen molar-refractivity contribution in [1.29, 1.82) is 0 Å². The summed E-state index contributed by atoms with van der Waals surface area (Å²) in [4.78, 5) is 0. The van der Waals surface area contributed by atoms with Gasteiger partial charge in [0.25, 0.3) is 6.43 Å². The zero-order chi connectivity index (χ0) is 13.9. The smallest absolute Gasteiger partial charge is 0.265 e. The van der Waals surface area contributed by atoms with Crippen LogP contribution in [-0.2, 0) is 0 Å². The molecular formula is C11H12Cl2F3NO. The highest BCUT2D eigenvalue weighted by atomic mass is 35.5. The molecule has 0 fully saturated rings. The van der Waals surface area contributed by atoms with Crippen molar-refractivity contribution in [3.63, 3.8) is 0 Å². The lowest BCUT2D eigenvalue weighted by Gasteiger charge is -2.19. The van der Waals surface area contributed by atoms with Gasteiger partial charge >= 0.3 is 0 Å². The second-order valence-electron chi connectivity index (χ2n) is 3.79. The van der Waals surface area contributed by atoms with E-state index < -0.39 is 24.4 Å². The van der Waals surface area contributed by atoms with Crippen LogP contribution in [0, 0.1) is 5.82 Å². The molecule has 0 spiro atoms. The molecule has 0 radical (unpaired) electrons. The van der Waals surface area contributed by atoms with Crippen LogP contribution in [0.25, 0.3) is 0 Å². The van der Waals surface area contributed by atoms with Gasteiger partial charge in [-0.05, 0) is 19.1 Å². The Balaban J connectivity index is 2.79. The van der Waals surface area contributed by atoms with E-state index in [1.54, 1.807) is 6.92 Å². The molecule has 7 heteroatoms. The number of hydrogen-bond donors (Lipinski definition) is 2. The molecule has 2 nitrogen and oxygen atoms in total. The fraction of sp³-hybridized carbons (Fsp3) is 0.455. The topological polar surface area (TPSA) is 32.3 Å². The summed E-state index contributed by atoms with van der Waals surface area (Å²) < 4.78 is 37.5. The van der Waals surface area contributed by atoms with Crippen molar-refractivity contribution in [3.8, 4) is 0 Å². The van der Waals surface area contributed by atoms with Crippen LogP contribution in [0.3, 0.4) is 0 Å². The van der Waals surface area contributed by atoms with E-state index in [2.05, 4.69) is 5.32 Å². The van der Waals surface area contributed by atoms with Crippen molar-refractivity contribution >= 4 is 23.2 Å². The molecule has 2 unspecified atom stereocenters. The number of hydrogen-bond acceptors (Lipinski definition) is 2. The Kier molecular flexibility index (Phi) is 5.72. The third-order valence-electron chi connectivity index (χ3n) is 2.44. The lowest BCUT2D eigenvalue weighted by molar-refractivity contribution is -0.00439. The average molecular weight is 302 g/mol. The van der Waals surface area contributed by atoms with Gasteiger partial charge in [-0.3, -0.25) is 0 Å². The maximum absolute atomic E-state index is 13.3. The molecule has 0 heterocycles. The third-order valence-corrected chi connectivity index (χ3v) is 3.15. The number of rotatable bonds is 5. The molecule has 0 aliphatic heterocycles. The molecule has 1 rings (SSSR count). The average Bonchev–Trinajstić information content (AvgIpc) is 2.31. The third kappa shape index (κ3) is 3.75. The minimum Gasteiger partial charge on any atom is -0.386 e. The zero-order valence-electron chi connectivity index (χ0n) is 9.43. The van der Waals surface area contributed by atoms with Crippen molar-refractivity contribution in [1.82, 2.24) is 5.32 Å². The molecule has 1 aromatic rings. The number of nitrogens with one attached hydrogen (secondary N) is 1. The van der Waals surface area contributed by atoms with E-state index in [1.807, 2.05) is 0 Å². The minimum absolute atomic E-state index is 0.158. The summed E-state index contributed by atoms with van der Waals surface area (Å²) in [7, 11) is 0. The highest BCUT2D eigenvalue weighted by molar-refractivity contribution is 6.36. The van der Waals surface area contributed by atoms with Crippen LogP contribution in [0.1, 0.15) is 18.5 Å².